The van der Waals surface area contributed by atoms with Gasteiger partial charge in [-0.05, 0) is 26.0 Å². The molecule has 0 fully saturated rings. The maximum atomic E-state index is 12.3. The summed E-state index contributed by atoms with van der Waals surface area (Å²) in [5, 5.41) is 9.64. The van der Waals surface area contributed by atoms with E-state index in [2.05, 4.69) is 0 Å². The van der Waals surface area contributed by atoms with Crippen LogP contribution in [0.5, 0.6) is 0 Å². The first-order chi connectivity index (χ1) is 9.66. The highest BCUT2D eigenvalue weighted by molar-refractivity contribution is 7.87. The minimum Gasteiger partial charge on any atom is -0.390 e. The molecule has 0 unspecified atom stereocenters. The van der Waals surface area contributed by atoms with Crippen LogP contribution in [0.2, 0.25) is 0 Å². The minimum atomic E-state index is -4.22. The molecule has 1 aromatic rings. The number of aliphatic hydroxyl groups excluding tert-OH is 1. The highest BCUT2D eigenvalue weighted by Crippen LogP contribution is 2.54. The molecular weight excluding hydrogens is 319 g/mol. The summed E-state index contributed by atoms with van der Waals surface area (Å²) < 4.78 is 50.9. The third-order valence-electron chi connectivity index (χ3n) is 2.77. The van der Waals surface area contributed by atoms with Gasteiger partial charge >= 0.3 is 7.60 Å². The lowest BCUT2D eigenvalue weighted by Crippen LogP contribution is -2.30. The molecule has 0 bridgehead atoms. The number of hydrogen-bond donors (Lipinski definition) is 1. The predicted octanol–water partition coefficient (Wildman–Crippen LogP) is 1.89. The van der Waals surface area contributed by atoms with Crippen molar-refractivity contribution in [2.24, 2.45) is 0 Å². The third kappa shape index (κ3) is 4.35. The Labute approximate surface area is 124 Å². The minimum absolute atomic E-state index is 0.113. The molecule has 0 aliphatic heterocycles. The molecule has 1 aromatic carbocycles. The molecule has 21 heavy (non-hydrogen) atoms. The monoisotopic (exact) mass is 338 g/mol. The molecule has 0 radical (unpaired) electrons. The molecule has 120 valence electrons. The zero-order chi connectivity index (χ0) is 16.3. The first-order valence-electron chi connectivity index (χ1n) is 6.05. The van der Waals surface area contributed by atoms with E-state index < -0.39 is 29.7 Å². The Balaban J connectivity index is 3.14. The van der Waals surface area contributed by atoms with E-state index in [1.54, 1.807) is 19.1 Å². The van der Waals surface area contributed by atoms with Gasteiger partial charge in [-0.2, -0.15) is 8.42 Å². The van der Waals surface area contributed by atoms with E-state index in [1.165, 1.54) is 19.1 Å². The van der Waals surface area contributed by atoms with Crippen molar-refractivity contribution in [3.05, 3.63) is 29.8 Å². The normalized spacial score (nSPS) is 15.7. The molecule has 0 spiro atoms. The standard InChI is InChI=1S/C12H19O7PS/c1-9-5-7-11(8-6-9)21(15,16)19-12(10(2)13)20(14,17-3)18-4/h5-8,10,12-13H,1-4H3/t10-,12-/m0/s1. The van der Waals surface area contributed by atoms with Crippen LogP contribution in [0.15, 0.2) is 29.2 Å². The van der Waals surface area contributed by atoms with Gasteiger partial charge in [-0.1, -0.05) is 17.7 Å². The van der Waals surface area contributed by atoms with E-state index in [-0.39, 0.29) is 4.90 Å². The molecule has 0 aromatic heterocycles. The Bertz CT molecular complexity index is 601. The fourth-order valence-electron chi connectivity index (χ4n) is 1.57. The van der Waals surface area contributed by atoms with E-state index >= 15 is 0 Å². The molecule has 0 aliphatic rings. The summed E-state index contributed by atoms with van der Waals surface area (Å²) in [6, 6.07) is 5.91. The van der Waals surface area contributed by atoms with Gasteiger partial charge in [0.15, 0.2) is 0 Å². The molecule has 1 N–H and O–H groups in total. The predicted molar refractivity (Wildman–Crippen MR) is 76.5 cm³/mol. The molecule has 0 aliphatic carbocycles. The smallest absolute Gasteiger partial charge is 0.362 e. The van der Waals surface area contributed by atoms with Crippen molar-refractivity contribution in [3.63, 3.8) is 0 Å². The zero-order valence-electron chi connectivity index (χ0n) is 12.2. The van der Waals surface area contributed by atoms with E-state index in [0.29, 0.717) is 0 Å². The van der Waals surface area contributed by atoms with Crippen LogP contribution in [0.3, 0.4) is 0 Å². The fraction of sp³-hybridized carbons (Fsp3) is 0.500. The average molecular weight is 338 g/mol. The molecule has 9 heteroatoms. The van der Waals surface area contributed by atoms with Gasteiger partial charge in [0.1, 0.15) is 0 Å². The Morgan fingerprint density at radius 2 is 1.62 bits per heavy atom. The second-order valence-electron chi connectivity index (χ2n) is 4.40. The van der Waals surface area contributed by atoms with Crippen molar-refractivity contribution in [1.82, 2.24) is 0 Å². The van der Waals surface area contributed by atoms with Gasteiger partial charge in [-0.15, -0.1) is 0 Å². The number of rotatable bonds is 7. The number of benzene rings is 1. The lowest BCUT2D eigenvalue weighted by atomic mass is 10.2. The van der Waals surface area contributed by atoms with Crippen molar-refractivity contribution >= 4 is 17.7 Å². The van der Waals surface area contributed by atoms with Gasteiger partial charge in [-0.3, -0.25) is 4.57 Å². The van der Waals surface area contributed by atoms with Crippen LogP contribution in [-0.4, -0.2) is 39.7 Å². The molecule has 1 rings (SSSR count). The molecule has 0 amide bonds. The van der Waals surface area contributed by atoms with E-state index in [0.717, 1.165) is 19.8 Å². The largest absolute Gasteiger partial charge is 0.390 e. The van der Waals surface area contributed by atoms with Crippen LogP contribution in [0, 0.1) is 6.92 Å². The van der Waals surface area contributed by atoms with E-state index in [4.69, 9.17) is 13.2 Å². The lowest BCUT2D eigenvalue weighted by molar-refractivity contribution is 0.0753. The Kier molecular flexibility index (Phi) is 6.10. The summed E-state index contributed by atoms with van der Waals surface area (Å²) in [7, 11) is -5.97. The number of aliphatic hydroxyl groups is 1. The third-order valence-corrected chi connectivity index (χ3v) is 6.40. The summed E-state index contributed by atoms with van der Waals surface area (Å²) in [6.07, 6.45) is -1.38. The summed E-state index contributed by atoms with van der Waals surface area (Å²) in [4.78, 5) is -0.113. The Morgan fingerprint density at radius 1 is 1.14 bits per heavy atom. The average Bonchev–Trinajstić information content (AvgIpc) is 2.44. The summed E-state index contributed by atoms with van der Waals surface area (Å²) in [5.41, 5.74) is 0.875. The Morgan fingerprint density at radius 3 is 2.00 bits per heavy atom. The van der Waals surface area contributed by atoms with Crippen LogP contribution >= 0.6 is 7.60 Å². The summed E-state index contributed by atoms with van der Waals surface area (Å²) in [5.74, 6) is -1.65. The second-order valence-corrected chi connectivity index (χ2v) is 8.29. The van der Waals surface area contributed by atoms with Crippen molar-refractivity contribution in [2.75, 3.05) is 14.2 Å². The first-order valence-corrected chi connectivity index (χ1v) is 9.07. The fourth-order valence-corrected chi connectivity index (χ4v) is 4.43. The van der Waals surface area contributed by atoms with Crippen LogP contribution in [0.4, 0.5) is 0 Å². The van der Waals surface area contributed by atoms with Crippen molar-refractivity contribution < 1.29 is 31.3 Å². The van der Waals surface area contributed by atoms with Crippen LogP contribution in [-0.2, 0) is 27.9 Å². The molecule has 0 heterocycles. The second kappa shape index (κ2) is 7.00. The highest BCUT2D eigenvalue weighted by atomic mass is 32.2. The van der Waals surface area contributed by atoms with E-state index in [1.807, 2.05) is 0 Å². The first kappa shape index (κ1) is 18.3. The quantitative estimate of drug-likeness (QED) is 0.598. The maximum Gasteiger partial charge on any atom is 0.362 e. The van der Waals surface area contributed by atoms with Crippen LogP contribution < -0.4 is 0 Å². The van der Waals surface area contributed by atoms with Gasteiger partial charge in [0, 0.05) is 14.2 Å². The highest BCUT2D eigenvalue weighted by Gasteiger charge is 2.42. The molecule has 2 atom stereocenters. The lowest BCUT2D eigenvalue weighted by Gasteiger charge is -2.25. The SMILES string of the molecule is COP(=O)(OC)[C@H](OS(=O)(=O)c1ccc(C)cc1)[C@H](C)O. The van der Waals surface area contributed by atoms with Gasteiger partial charge in [0.2, 0.25) is 5.85 Å². The Hall–Kier alpha value is -0.760. The maximum absolute atomic E-state index is 12.3. The molecular formula is C12H19O7PS. The summed E-state index contributed by atoms with van der Waals surface area (Å²) >= 11 is 0. The van der Waals surface area contributed by atoms with Crippen LogP contribution in [0.25, 0.3) is 0 Å². The topological polar surface area (TPSA) is 99.1 Å². The molecule has 0 saturated carbocycles. The molecule has 7 nitrogen and oxygen atoms in total. The van der Waals surface area contributed by atoms with Crippen molar-refractivity contribution in [2.45, 2.75) is 30.7 Å². The van der Waals surface area contributed by atoms with Gasteiger partial charge in [-0.25, -0.2) is 4.18 Å². The van der Waals surface area contributed by atoms with Gasteiger partial charge in [0.05, 0.1) is 11.0 Å². The molecule has 0 saturated heterocycles. The van der Waals surface area contributed by atoms with Crippen LogP contribution in [0.1, 0.15) is 12.5 Å². The van der Waals surface area contributed by atoms with Gasteiger partial charge < -0.3 is 14.2 Å². The van der Waals surface area contributed by atoms with E-state index in [9.17, 15) is 18.1 Å². The van der Waals surface area contributed by atoms with Crippen molar-refractivity contribution in [3.8, 4) is 0 Å². The van der Waals surface area contributed by atoms with Crippen molar-refractivity contribution in [1.29, 1.82) is 0 Å². The number of hydrogen-bond acceptors (Lipinski definition) is 7. The summed E-state index contributed by atoms with van der Waals surface area (Å²) in [6.45, 7) is 3.04. The zero-order valence-corrected chi connectivity index (χ0v) is 13.9. The van der Waals surface area contributed by atoms with Gasteiger partial charge in [0.25, 0.3) is 10.1 Å². The number of aryl methyl sites for hydroxylation is 1.